The van der Waals surface area contributed by atoms with Gasteiger partial charge in [0.15, 0.2) is 9.84 Å². The highest BCUT2D eigenvalue weighted by atomic mass is 35.5. The van der Waals surface area contributed by atoms with Gasteiger partial charge in [0.05, 0.1) is 10.9 Å². The molecule has 0 spiro atoms. The molecule has 0 aliphatic heterocycles. The van der Waals surface area contributed by atoms with Gasteiger partial charge in [0.1, 0.15) is 5.69 Å². The Morgan fingerprint density at radius 1 is 1.15 bits per heavy atom. The van der Waals surface area contributed by atoms with E-state index in [1.807, 2.05) is 36.7 Å². The number of rotatable bonds is 5. The van der Waals surface area contributed by atoms with Crippen molar-refractivity contribution in [3.63, 3.8) is 0 Å². The van der Waals surface area contributed by atoms with E-state index in [4.69, 9.17) is 11.6 Å². The molecule has 142 valence electrons. The van der Waals surface area contributed by atoms with Gasteiger partial charge in [-0.2, -0.15) is 0 Å². The van der Waals surface area contributed by atoms with Gasteiger partial charge in [-0.1, -0.05) is 36.7 Å². The molecule has 0 aliphatic carbocycles. The molecule has 3 rings (SSSR count). The zero-order valence-corrected chi connectivity index (χ0v) is 16.9. The number of halogens is 1. The molecule has 0 aliphatic rings. The van der Waals surface area contributed by atoms with Gasteiger partial charge in [0.25, 0.3) is 5.91 Å². The van der Waals surface area contributed by atoms with Crippen LogP contribution < -0.4 is 5.32 Å². The second kappa shape index (κ2) is 7.37. The number of nitrogens with zero attached hydrogens (tertiary/aromatic N) is 1. The molecule has 0 fully saturated rings. The fourth-order valence-corrected chi connectivity index (χ4v) is 3.92. The maximum absolute atomic E-state index is 12.8. The molecule has 3 aromatic rings. The third-order valence-electron chi connectivity index (χ3n) is 4.66. The molecule has 0 saturated carbocycles. The molecule has 1 atom stereocenters. The van der Waals surface area contributed by atoms with E-state index < -0.39 is 9.84 Å². The molecule has 0 bridgehead atoms. The maximum Gasteiger partial charge on any atom is 0.268 e. The molecular formula is C20H21ClN2O3S. The summed E-state index contributed by atoms with van der Waals surface area (Å²) in [5.74, 6) is -0.191. The summed E-state index contributed by atoms with van der Waals surface area (Å²) in [6, 6.07) is 13.7. The van der Waals surface area contributed by atoms with Crippen LogP contribution in [-0.4, -0.2) is 25.1 Å². The van der Waals surface area contributed by atoms with Crippen molar-refractivity contribution in [3.05, 3.63) is 64.8 Å². The highest BCUT2D eigenvalue weighted by Crippen LogP contribution is 2.24. The molecule has 27 heavy (non-hydrogen) atoms. The molecule has 5 nitrogen and oxygen atoms in total. The van der Waals surface area contributed by atoms with Crippen LogP contribution >= 0.6 is 11.6 Å². The molecule has 1 aromatic heterocycles. The third-order valence-corrected chi connectivity index (χ3v) is 6.03. The van der Waals surface area contributed by atoms with Crippen LogP contribution in [0.5, 0.6) is 0 Å². The van der Waals surface area contributed by atoms with Gasteiger partial charge >= 0.3 is 0 Å². The van der Waals surface area contributed by atoms with Crippen molar-refractivity contribution in [1.29, 1.82) is 0 Å². The lowest BCUT2D eigenvalue weighted by atomic mass is 10.0. The second-order valence-corrected chi connectivity index (χ2v) is 9.02. The number of carbonyl (C=O) groups is 1. The van der Waals surface area contributed by atoms with Crippen LogP contribution in [-0.2, 0) is 16.9 Å². The Hall–Kier alpha value is -2.31. The zero-order chi connectivity index (χ0) is 19.8. The highest BCUT2D eigenvalue weighted by molar-refractivity contribution is 7.90. The monoisotopic (exact) mass is 404 g/mol. The van der Waals surface area contributed by atoms with Crippen LogP contribution in [0.15, 0.2) is 53.4 Å². The lowest BCUT2D eigenvalue weighted by Gasteiger charge is -2.18. The maximum atomic E-state index is 12.8. The summed E-state index contributed by atoms with van der Waals surface area (Å²) in [7, 11) is -1.41. The van der Waals surface area contributed by atoms with Crippen molar-refractivity contribution in [1.82, 2.24) is 9.88 Å². The van der Waals surface area contributed by atoms with Crippen LogP contribution in [0.25, 0.3) is 10.9 Å². The van der Waals surface area contributed by atoms with E-state index in [0.29, 0.717) is 17.1 Å². The Balaban J connectivity index is 1.86. The number of sulfone groups is 1. The van der Waals surface area contributed by atoms with Gasteiger partial charge in [0, 0.05) is 29.2 Å². The lowest BCUT2D eigenvalue weighted by Crippen LogP contribution is -2.29. The smallest absolute Gasteiger partial charge is 0.268 e. The van der Waals surface area contributed by atoms with Gasteiger partial charge in [0.2, 0.25) is 0 Å². The summed E-state index contributed by atoms with van der Waals surface area (Å²) < 4.78 is 25.0. The average Bonchev–Trinajstić information content (AvgIpc) is 2.95. The van der Waals surface area contributed by atoms with Gasteiger partial charge in [-0.3, -0.25) is 4.79 Å². The Morgan fingerprint density at radius 2 is 1.81 bits per heavy atom. The summed E-state index contributed by atoms with van der Waals surface area (Å²) in [6.45, 7) is 1.97. The first-order chi connectivity index (χ1) is 12.7. The van der Waals surface area contributed by atoms with Crippen molar-refractivity contribution < 1.29 is 13.2 Å². The van der Waals surface area contributed by atoms with Crippen molar-refractivity contribution in [2.75, 3.05) is 6.26 Å². The average molecular weight is 405 g/mol. The van der Waals surface area contributed by atoms with E-state index in [2.05, 4.69) is 5.32 Å². The summed E-state index contributed by atoms with van der Waals surface area (Å²) >= 11 is 6.05. The number of benzene rings is 2. The number of fused-ring (bicyclic) bond motifs is 1. The summed E-state index contributed by atoms with van der Waals surface area (Å²) in [5.41, 5.74) is 2.29. The fourth-order valence-electron chi connectivity index (χ4n) is 3.12. The van der Waals surface area contributed by atoms with Crippen LogP contribution in [0.3, 0.4) is 0 Å². The van der Waals surface area contributed by atoms with E-state index in [-0.39, 0.29) is 16.8 Å². The topological polar surface area (TPSA) is 68.2 Å². The lowest BCUT2D eigenvalue weighted by molar-refractivity contribution is 0.0927. The molecule has 2 aromatic carbocycles. The minimum Gasteiger partial charge on any atom is -0.344 e. The van der Waals surface area contributed by atoms with E-state index >= 15 is 0 Å². The highest BCUT2D eigenvalue weighted by Gasteiger charge is 2.18. The summed E-state index contributed by atoms with van der Waals surface area (Å²) in [5, 5.41) is 4.59. The van der Waals surface area contributed by atoms with E-state index in [0.717, 1.165) is 16.5 Å². The molecule has 7 heteroatoms. The van der Waals surface area contributed by atoms with Gasteiger partial charge in [-0.05, 0) is 42.3 Å². The van der Waals surface area contributed by atoms with E-state index in [1.54, 1.807) is 30.3 Å². The minimum absolute atomic E-state index is 0.191. The number of amides is 1. The Labute approximate surface area is 163 Å². The first-order valence-corrected chi connectivity index (χ1v) is 10.8. The fraction of sp³-hybridized carbons (Fsp3) is 0.250. The molecule has 0 saturated heterocycles. The van der Waals surface area contributed by atoms with Crippen LogP contribution in [0.2, 0.25) is 5.02 Å². The van der Waals surface area contributed by atoms with Crippen LogP contribution in [0, 0.1) is 0 Å². The Bertz CT molecular complexity index is 1100. The predicted molar refractivity (Wildman–Crippen MR) is 108 cm³/mol. The second-order valence-electron chi connectivity index (χ2n) is 6.57. The van der Waals surface area contributed by atoms with Crippen LogP contribution in [0.1, 0.15) is 35.4 Å². The predicted octanol–water partition coefficient (Wildman–Crippen LogP) is 4.12. The molecule has 0 radical (unpaired) electrons. The number of nitrogens with one attached hydrogen (secondary N) is 1. The molecule has 1 unspecified atom stereocenters. The molecular weight excluding hydrogens is 384 g/mol. The number of aromatic nitrogens is 1. The van der Waals surface area contributed by atoms with Crippen molar-refractivity contribution in [2.45, 2.75) is 24.3 Å². The minimum atomic E-state index is -3.24. The summed E-state index contributed by atoms with van der Waals surface area (Å²) in [4.78, 5) is 13.1. The number of hydrogen-bond acceptors (Lipinski definition) is 3. The van der Waals surface area contributed by atoms with Gasteiger partial charge < -0.3 is 9.88 Å². The Kier molecular flexibility index (Phi) is 5.31. The molecule has 1 N–H and O–H groups in total. The van der Waals surface area contributed by atoms with Crippen molar-refractivity contribution in [2.24, 2.45) is 7.05 Å². The molecule has 1 heterocycles. The van der Waals surface area contributed by atoms with E-state index in [9.17, 15) is 13.2 Å². The van der Waals surface area contributed by atoms with E-state index in [1.165, 1.54) is 6.26 Å². The first-order valence-electron chi connectivity index (χ1n) is 8.56. The Morgan fingerprint density at radius 3 is 2.41 bits per heavy atom. The van der Waals surface area contributed by atoms with Gasteiger partial charge in [-0.15, -0.1) is 0 Å². The molecule has 1 amide bonds. The summed E-state index contributed by atoms with van der Waals surface area (Å²) in [6.07, 6.45) is 1.85. The first kappa shape index (κ1) is 19.5. The largest absolute Gasteiger partial charge is 0.344 e. The quantitative estimate of drug-likeness (QED) is 0.695. The van der Waals surface area contributed by atoms with Crippen LogP contribution in [0.4, 0.5) is 0 Å². The van der Waals surface area contributed by atoms with Crippen molar-refractivity contribution >= 4 is 38.2 Å². The number of aryl methyl sites for hydroxylation is 1. The van der Waals surface area contributed by atoms with Gasteiger partial charge in [-0.25, -0.2) is 8.42 Å². The number of hydrogen-bond donors (Lipinski definition) is 1. The normalized spacial score (nSPS) is 12.9. The third kappa shape index (κ3) is 4.01. The number of carbonyl (C=O) groups excluding carboxylic acids is 1. The van der Waals surface area contributed by atoms with Crippen molar-refractivity contribution in [3.8, 4) is 0 Å². The standard InChI is InChI=1S/C20H21ClN2O3S/c1-4-17(13-6-9-16(10-7-13)27(3,25)26)22-20(24)19-11-14-5-8-15(21)12-18(14)23(19)2/h5-12,17H,4H2,1-3H3,(H,22,24). The SMILES string of the molecule is CCC(NC(=O)c1cc2ccc(Cl)cc2n1C)c1ccc(S(C)(=O)=O)cc1. The zero-order valence-electron chi connectivity index (χ0n) is 15.4.